The third-order valence-electron chi connectivity index (χ3n) is 5.80. The van der Waals surface area contributed by atoms with Gasteiger partial charge in [0.1, 0.15) is 23.0 Å². The molecule has 4 rings (SSSR count). The zero-order valence-electron chi connectivity index (χ0n) is 24.7. The van der Waals surface area contributed by atoms with Crippen molar-refractivity contribution in [3.8, 4) is 23.0 Å². The molecule has 0 atom stereocenters. The Morgan fingerprint density at radius 2 is 0.550 bits per heavy atom. The fourth-order valence-corrected chi connectivity index (χ4v) is 4.00. The van der Waals surface area contributed by atoms with Crippen LogP contribution in [-0.4, -0.2) is 20.4 Å². The van der Waals surface area contributed by atoms with Gasteiger partial charge in [-0.2, -0.15) is 0 Å². The molecular weight excluding hydrogens is 496 g/mol. The fourth-order valence-electron chi connectivity index (χ4n) is 4.00. The maximum Gasteiger partial charge on any atom is 0.115 e. The average Bonchev–Trinajstić information content (AvgIpc) is 2.91. The predicted molar refractivity (Wildman–Crippen MR) is 168 cm³/mol. The first-order chi connectivity index (χ1) is 19.3. The van der Waals surface area contributed by atoms with Gasteiger partial charge >= 0.3 is 0 Å². The molecule has 4 heteroatoms. The van der Waals surface area contributed by atoms with Gasteiger partial charge in [-0.05, 0) is 96.5 Å². The SMILES string of the molecule is CCCc1cccc(O)c1.CCCc1cccc(O)c1.CCCc1cccc(O)c1.CCCc1cccc(O)c1. The van der Waals surface area contributed by atoms with Crippen molar-refractivity contribution < 1.29 is 20.4 Å². The standard InChI is InChI=1S/4C9H12O/c4*1-2-4-8-5-3-6-9(10)7-8/h4*3,5-7,10H,2,4H2,1H3. The molecule has 0 fully saturated rings. The van der Waals surface area contributed by atoms with Crippen molar-refractivity contribution in [3.05, 3.63) is 119 Å². The highest BCUT2D eigenvalue weighted by Crippen LogP contribution is 2.14. The first kappa shape index (κ1) is 34.1. The van der Waals surface area contributed by atoms with Crippen LogP contribution in [0.2, 0.25) is 0 Å². The minimum Gasteiger partial charge on any atom is -0.508 e. The molecule has 40 heavy (non-hydrogen) atoms. The van der Waals surface area contributed by atoms with E-state index in [1.165, 1.54) is 22.3 Å². The number of benzene rings is 4. The summed E-state index contributed by atoms with van der Waals surface area (Å²) >= 11 is 0. The predicted octanol–water partition coefficient (Wildman–Crippen LogP) is 9.38. The summed E-state index contributed by atoms with van der Waals surface area (Å²) in [6.07, 6.45) is 8.71. The Hall–Kier alpha value is -3.92. The van der Waals surface area contributed by atoms with Gasteiger partial charge in [-0.15, -0.1) is 0 Å². The second-order valence-corrected chi connectivity index (χ2v) is 9.68. The molecule has 0 unspecified atom stereocenters. The maximum atomic E-state index is 9.04. The molecule has 0 bridgehead atoms. The highest BCUT2D eigenvalue weighted by atomic mass is 16.3. The molecule has 0 saturated heterocycles. The van der Waals surface area contributed by atoms with Crippen molar-refractivity contribution in [3.63, 3.8) is 0 Å². The number of rotatable bonds is 8. The summed E-state index contributed by atoms with van der Waals surface area (Å²) in [7, 11) is 0. The molecule has 0 spiro atoms. The van der Waals surface area contributed by atoms with Crippen LogP contribution in [0.3, 0.4) is 0 Å². The van der Waals surface area contributed by atoms with Crippen LogP contribution < -0.4 is 0 Å². The molecule has 0 radical (unpaired) electrons. The van der Waals surface area contributed by atoms with Gasteiger partial charge in [0.25, 0.3) is 0 Å². The summed E-state index contributed by atoms with van der Waals surface area (Å²) in [6, 6.07) is 29.6. The molecule has 0 heterocycles. The topological polar surface area (TPSA) is 80.9 Å². The molecule has 0 saturated carbocycles. The minimum absolute atomic E-state index is 0.367. The number of hydrogen-bond donors (Lipinski definition) is 4. The maximum absolute atomic E-state index is 9.04. The summed E-state index contributed by atoms with van der Waals surface area (Å²) in [5.74, 6) is 1.47. The van der Waals surface area contributed by atoms with E-state index in [0.717, 1.165) is 51.4 Å². The van der Waals surface area contributed by atoms with E-state index >= 15 is 0 Å². The van der Waals surface area contributed by atoms with Gasteiger partial charge in [0.2, 0.25) is 0 Å². The molecule has 4 nitrogen and oxygen atoms in total. The van der Waals surface area contributed by atoms with Crippen LogP contribution in [0.25, 0.3) is 0 Å². The summed E-state index contributed by atoms with van der Waals surface area (Å²) in [5, 5.41) is 36.2. The fraction of sp³-hybridized carbons (Fsp3) is 0.333. The van der Waals surface area contributed by atoms with Crippen molar-refractivity contribution in [1.82, 2.24) is 0 Å². The molecular formula is C36H48O4. The quantitative estimate of drug-likeness (QED) is 0.178. The Balaban J connectivity index is 0.000000267. The van der Waals surface area contributed by atoms with Crippen LogP contribution in [0.4, 0.5) is 0 Å². The number of phenolic OH excluding ortho intramolecular Hbond substituents is 4. The molecule has 216 valence electrons. The van der Waals surface area contributed by atoms with Gasteiger partial charge in [-0.3, -0.25) is 0 Å². The monoisotopic (exact) mass is 544 g/mol. The van der Waals surface area contributed by atoms with Gasteiger partial charge < -0.3 is 20.4 Å². The number of phenols is 4. The van der Waals surface area contributed by atoms with E-state index in [0.29, 0.717) is 23.0 Å². The molecule has 0 amide bonds. The molecule has 4 N–H and O–H groups in total. The lowest BCUT2D eigenvalue weighted by Crippen LogP contribution is -1.80. The van der Waals surface area contributed by atoms with Gasteiger partial charge in [-0.1, -0.05) is 102 Å². The summed E-state index contributed by atoms with van der Waals surface area (Å²) in [4.78, 5) is 0. The van der Waals surface area contributed by atoms with Crippen molar-refractivity contribution in [2.75, 3.05) is 0 Å². The van der Waals surface area contributed by atoms with Crippen LogP contribution in [0.1, 0.15) is 75.6 Å². The third-order valence-corrected chi connectivity index (χ3v) is 5.80. The molecule has 4 aromatic carbocycles. The second-order valence-electron chi connectivity index (χ2n) is 9.68. The first-order valence-corrected chi connectivity index (χ1v) is 14.4. The van der Waals surface area contributed by atoms with E-state index in [9.17, 15) is 0 Å². The van der Waals surface area contributed by atoms with Gasteiger partial charge in [0.05, 0.1) is 0 Å². The van der Waals surface area contributed by atoms with E-state index in [-0.39, 0.29) is 0 Å². The largest absolute Gasteiger partial charge is 0.508 e. The third kappa shape index (κ3) is 16.1. The van der Waals surface area contributed by atoms with Crippen molar-refractivity contribution in [2.24, 2.45) is 0 Å². The lowest BCUT2D eigenvalue weighted by atomic mass is 10.1. The highest BCUT2D eigenvalue weighted by molar-refractivity contribution is 5.29. The van der Waals surface area contributed by atoms with Crippen LogP contribution in [-0.2, 0) is 25.7 Å². The van der Waals surface area contributed by atoms with Crippen molar-refractivity contribution in [1.29, 1.82) is 0 Å². The molecule has 4 aromatic rings. The zero-order chi connectivity index (χ0) is 29.6. The minimum atomic E-state index is 0.367. The molecule has 0 aliphatic rings. The smallest absolute Gasteiger partial charge is 0.115 e. The van der Waals surface area contributed by atoms with Gasteiger partial charge in [0.15, 0.2) is 0 Å². The average molecular weight is 545 g/mol. The van der Waals surface area contributed by atoms with Crippen LogP contribution in [0.5, 0.6) is 23.0 Å². The number of aromatic hydroxyl groups is 4. The normalized spacial score (nSPS) is 9.70. The Bertz CT molecular complexity index is 1010. The van der Waals surface area contributed by atoms with Crippen LogP contribution >= 0.6 is 0 Å². The highest BCUT2D eigenvalue weighted by Gasteiger charge is 1.93. The lowest BCUT2D eigenvalue weighted by molar-refractivity contribution is 0.474. The van der Waals surface area contributed by atoms with Crippen molar-refractivity contribution in [2.45, 2.75) is 79.1 Å². The van der Waals surface area contributed by atoms with Crippen LogP contribution in [0.15, 0.2) is 97.1 Å². The van der Waals surface area contributed by atoms with Crippen molar-refractivity contribution >= 4 is 0 Å². The number of aryl methyl sites for hydroxylation is 4. The Morgan fingerprint density at radius 1 is 0.350 bits per heavy atom. The zero-order valence-corrected chi connectivity index (χ0v) is 24.7. The van der Waals surface area contributed by atoms with E-state index in [4.69, 9.17) is 20.4 Å². The Labute approximate surface area is 241 Å². The molecule has 0 aromatic heterocycles. The van der Waals surface area contributed by atoms with Gasteiger partial charge in [0, 0.05) is 0 Å². The lowest BCUT2D eigenvalue weighted by Gasteiger charge is -1.97. The van der Waals surface area contributed by atoms with E-state index in [1.54, 1.807) is 24.3 Å². The van der Waals surface area contributed by atoms with E-state index in [1.807, 2.05) is 72.8 Å². The molecule has 0 aliphatic carbocycles. The van der Waals surface area contributed by atoms with Crippen LogP contribution in [0, 0.1) is 0 Å². The Kier molecular flexibility index (Phi) is 17.9. The summed E-state index contributed by atoms with van der Waals surface area (Å²) in [6.45, 7) is 8.52. The number of hydrogen-bond acceptors (Lipinski definition) is 4. The summed E-state index contributed by atoms with van der Waals surface area (Å²) in [5.41, 5.74) is 4.84. The Morgan fingerprint density at radius 3 is 0.700 bits per heavy atom. The summed E-state index contributed by atoms with van der Waals surface area (Å²) < 4.78 is 0. The van der Waals surface area contributed by atoms with E-state index in [2.05, 4.69) is 27.7 Å². The first-order valence-electron chi connectivity index (χ1n) is 14.4. The molecule has 0 aliphatic heterocycles. The second kappa shape index (κ2) is 21.0. The van der Waals surface area contributed by atoms with Gasteiger partial charge in [-0.25, -0.2) is 0 Å². The van der Waals surface area contributed by atoms with E-state index < -0.39 is 0 Å².